The van der Waals surface area contributed by atoms with Gasteiger partial charge in [0.1, 0.15) is 5.82 Å². The van der Waals surface area contributed by atoms with Crippen molar-refractivity contribution in [3.63, 3.8) is 0 Å². The van der Waals surface area contributed by atoms with E-state index < -0.39 is 18.0 Å². The second-order valence-electron chi connectivity index (χ2n) is 6.56. The topological polar surface area (TPSA) is 58.1 Å². The molecule has 5 nitrogen and oxygen atoms in total. The van der Waals surface area contributed by atoms with E-state index in [1.807, 2.05) is 30.3 Å². The molecule has 1 N–H and O–H groups in total. The zero-order chi connectivity index (χ0) is 19.7. The van der Waals surface area contributed by atoms with Crippen molar-refractivity contribution in [2.24, 2.45) is 0 Å². The lowest BCUT2D eigenvalue weighted by Crippen LogP contribution is -2.32. The number of anilines is 1. The zero-order valence-electron chi connectivity index (χ0n) is 14.8. The van der Waals surface area contributed by atoms with Crippen molar-refractivity contribution in [1.82, 2.24) is 15.3 Å². The van der Waals surface area contributed by atoms with Crippen LogP contribution in [0, 0.1) is 0 Å². The Morgan fingerprint density at radius 1 is 1.00 bits per heavy atom. The van der Waals surface area contributed by atoms with E-state index in [0.717, 1.165) is 5.56 Å². The minimum atomic E-state index is -4.67. The number of halogens is 3. The van der Waals surface area contributed by atoms with E-state index in [1.54, 1.807) is 23.1 Å². The maximum absolute atomic E-state index is 13.4. The number of benzene rings is 2. The number of fused-ring (bicyclic) bond motifs is 1. The Kier molecular flexibility index (Phi) is 4.62. The molecular weight excluding hydrogens is 369 g/mol. The molecule has 1 atom stereocenters. The molecule has 2 heterocycles. The first-order chi connectivity index (χ1) is 13.4. The number of hydrogen-bond acceptors (Lipinski definition) is 4. The molecule has 3 aromatic rings. The summed E-state index contributed by atoms with van der Waals surface area (Å²) in [6, 6.07) is 15.5. The molecule has 0 radical (unpaired) electrons. The fourth-order valence-electron chi connectivity index (χ4n) is 3.46. The van der Waals surface area contributed by atoms with Gasteiger partial charge in [-0.25, -0.2) is 9.97 Å². The highest BCUT2D eigenvalue weighted by Gasteiger charge is 2.37. The molecule has 1 aromatic heterocycles. The van der Waals surface area contributed by atoms with E-state index in [4.69, 9.17) is 0 Å². The molecule has 0 spiro atoms. The zero-order valence-corrected chi connectivity index (χ0v) is 14.8. The third-order valence-electron chi connectivity index (χ3n) is 4.72. The third kappa shape index (κ3) is 3.49. The minimum Gasteiger partial charge on any atom is -0.354 e. The molecule has 1 fully saturated rings. The SMILES string of the molecule is O=C1C[C@H](c2ccccc2)N(c2nc(C(F)(F)F)nc3ccccc23)CCN1. The number of aromatic nitrogens is 2. The largest absolute Gasteiger partial charge is 0.451 e. The molecule has 4 rings (SSSR count). The van der Waals surface area contributed by atoms with Gasteiger partial charge in [0.2, 0.25) is 11.7 Å². The van der Waals surface area contributed by atoms with E-state index in [-0.39, 0.29) is 23.7 Å². The van der Waals surface area contributed by atoms with Gasteiger partial charge in [0.05, 0.1) is 18.0 Å². The molecule has 144 valence electrons. The number of carbonyl (C=O) groups is 1. The standard InChI is InChI=1S/C20H17F3N4O/c21-20(22,23)19-25-15-9-5-4-8-14(15)18(26-19)27-11-10-24-17(28)12-16(27)13-6-2-1-3-7-13/h1-9,16H,10-12H2,(H,24,28)/t16-/m1/s1. The highest BCUT2D eigenvalue weighted by Crippen LogP contribution is 2.36. The maximum Gasteiger partial charge on any atom is 0.451 e. The number of para-hydroxylation sites is 1. The predicted molar refractivity (Wildman–Crippen MR) is 98.7 cm³/mol. The molecule has 8 heteroatoms. The van der Waals surface area contributed by atoms with Gasteiger partial charge in [0.25, 0.3) is 0 Å². The van der Waals surface area contributed by atoms with Gasteiger partial charge in [-0.1, -0.05) is 42.5 Å². The fourth-order valence-corrected chi connectivity index (χ4v) is 3.46. The molecule has 1 saturated heterocycles. The summed E-state index contributed by atoms with van der Waals surface area (Å²) in [5.41, 5.74) is 1.06. The predicted octanol–water partition coefficient (Wildman–Crippen LogP) is 3.72. The van der Waals surface area contributed by atoms with Crippen LogP contribution in [0.15, 0.2) is 54.6 Å². The second-order valence-corrected chi connectivity index (χ2v) is 6.56. The molecule has 1 amide bonds. The van der Waals surface area contributed by atoms with Crippen LogP contribution in [0.4, 0.5) is 19.0 Å². The minimum absolute atomic E-state index is 0.129. The van der Waals surface area contributed by atoms with Crippen molar-refractivity contribution in [3.05, 3.63) is 66.0 Å². The Morgan fingerprint density at radius 3 is 2.46 bits per heavy atom. The van der Waals surface area contributed by atoms with Gasteiger partial charge in [-0.3, -0.25) is 4.79 Å². The lowest BCUT2D eigenvalue weighted by molar-refractivity contribution is -0.144. The van der Waals surface area contributed by atoms with E-state index in [0.29, 0.717) is 18.5 Å². The monoisotopic (exact) mass is 386 g/mol. The third-order valence-corrected chi connectivity index (χ3v) is 4.72. The normalized spacial score (nSPS) is 18.0. The first-order valence-electron chi connectivity index (χ1n) is 8.86. The lowest BCUT2D eigenvalue weighted by Gasteiger charge is -2.31. The van der Waals surface area contributed by atoms with Crippen LogP contribution in [0.3, 0.4) is 0 Å². The van der Waals surface area contributed by atoms with Crippen LogP contribution in [0.2, 0.25) is 0 Å². The van der Waals surface area contributed by atoms with Gasteiger partial charge in [-0.15, -0.1) is 0 Å². The van der Waals surface area contributed by atoms with Crippen LogP contribution in [0.1, 0.15) is 23.9 Å². The van der Waals surface area contributed by atoms with E-state index in [1.165, 1.54) is 6.07 Å². The van der Waals surface area contributed by atoms with Crippen molar-refractivity contribution < 1.29 is 18.0 Å². The highest BCUT2D eigenvalue weighted by atomic mass is 19.4. The Bertz CT molecular complexity index is 1010. The lowest BCUT2D eigenvalue weighted by atomic mass is 10.0. The van der Waals surface area contributed by atoms with E-state index in [2.05, 4.69) is 15.3 Å². The summed E-state index contributed by atoms with van der Waals surface area (Å²) in [7, 11) is 0. The molecule has 0 unspecified atom stereocenters. The van der Waals surface area contributed by atoms with Crippen LogP contribution in [0.5, 0.6) is 0 Å². The average molecular weight is 386 g/mol. The molecule has 0 bridgehead atoms. The summed E-state index contributed by atoms with van der Waals surface area (Å²) in [5.74, 6) is -1.15. The van der Waals surface area contributed by atoms with Gasteiger partial charge in [0, 0.05) is 18.5 Å². The van der Waals surface area contributed by atoms with Crippen LogP contribution in [-0.4, -0.2) is 29.0 Å². The number of carbonyl (C=O) groups excluding carboxylic acids is 1. The molecule has 1 aliphatic heterocycles. The average Bonchev–Trinajstić information content (AvgIpc) is 2.88. The molecular formula is C20H17F3N4O. The quantitative estimate of drug-likeness (QED) is 0.729. The smallest absolute Gasteiger partial charge is 0.354 e. The van der Waals surface area contributed by atoms with Gasteiger partial charge in [-0.05, 0) is 17.7 Å². The van der Waals surface area contributed by atoms with Gasteiger partial charge < -0.3 is 10.2 Å². The summed E-state index contributed by atoms with van der Waals surface area (Å²) in [4.78, 5) is 21.5. The molecule has 0 aliphatic carbocycles. The summed E-state index contributed by atoms with van der Waals surface area (Å²) >= 11 is 0. The van der Waals surface area contributed by atoms with Gasteiger partial charge in [0.15, 0.2) is 0 Å². The van der Waals surface area contributed by atoms with Crippen molar-refractivity contribution in [2.75, 3.05) is 18.0 Å². The number of nitrogens with one attached hydrogen (secondary N) is 1. The molecule has 28 heavy (non-hydrogen) atoms. The first kappa shape index (κ1) is 18.2. The van der Waals surface area contributed by atoms with Crippen molar-refractivity contribution in [2.45, 2.75) is 18.6 Å². The van der Waals surface area contributed by atoms with Crippen molar-refractivity contribution >= 4 is 22.6 Å². The first-order valence-corrected chi connectivity index (χ1v) is 8.86. The van der Waals surface area contributed by atoms with Crippen LogP contribution in [0.25, 0.3) is 10.9 Å². The van der Waals surface area contributed by atoms with Crippen LogP contribution >= 0.6 is 0 Å². The molecule has 1 aliphatic rings. The Labute approximate surface area is 159 Å². The number of hydrogen-bond donors (Lipinski definition) is 1. The van der Waals surface area contributed by atoms with E-state index in [9.17, 15) is 18.0 Å². The fraction of sp³-hybridized carbons (Fsp3) is 0.250. The summed E-state index contributed by atoms with van der Waals surface area (Å²) < 4.78 is 40.2. The number of rotatable bonds is 2. The van der Waals surface area contributed by atoms with Gasteiger partial charge >= 0.3 is 6.18 Å². The Balaban J connectivity index is 1.91. The van der Waals surface area contributed by atoms with Crippen LogP contribution < -0.4 is 10.2 Å². The van der Waals surface area contributed by atoms with E-state index >= 15 is 0 Å². The summed E-state index contributed by atoms with van der Waals surface area (Å²) in [6.45, 7) is 0.658. The maximum atomic E-state index is 13.4. The highest BCUT2D eigenvalue weighted by molar-refractivity contribution is 5.90. The molecule has 2 aromatic carbocycles. The van der Waals surface area contributed by atoms with Gasteiger partial charge in [-0.2, -0.15) is 13.2 Å². The van der Waals surface area contributed by atoms with Crippen molar-refractivity contribution in [3.8, 4) is 0 Å². The summed E-state index contributed by atoms with van der Waals surface area (Å²) in [5, 5.41) is 3.31. The molecule has 0 saturated carbocycles. The second kappa shape index (κ2) is 7.10. The number of alkyl halides is 3. The number of amides is 1. The summed E-state index contributed by atoms with van der Waals surface area (Å²) in [6.07, 6.45) is -4.54. The van der Waals surface area contributed by atoms with Crippen LogP contribution in [-0.2, 0) is 11.0 Å². The Morgan fingerprint density at radius 2 is 1.71 bits per heavy atom. The number of nitrogens with zero attached hydrogens (tertiary/aromatic N) is 3. The van der Waals surface area contributed by atoms with Crippen molar-refractivity contribution in [1.29, 1.82) is 0 Å². The Hall–Kier alpha value is -3.16.